The zero-order valence-electron chi connectivity index (χ0n) is 20.3. The monoisotopic (exact) mass is 516 g/mol. The molecular weight excluding hydrogens is 491 g/mol. The van der Waals surface area contributed by atoms with Gasteiger partial charge in [-0.2, -0.15) is 14.4 Å². The van der Waals surface area contributed by atoms with Gasteiger partial charge in [-0.1, -0.05) is 12.1 Å². The first-order valence-corrected chi connectivity index (χ1v) is 12.1. The molecule has 1 aliphatic heterocycles. The molecule has 0 bridgehead atoms. The predicted octanol–water partition coefficient (Wildman–Crippen LogP) is 3.67. The Hall–Kier alpha value is -4.64. The number of hydrogen-bond acceptors (Lipinski definition) is 8. The average Bonchev–Trinajstić information content (AvgIpc) is 2.92. The smallest absolute Gasteiger partial charge is 0.287 e. The Kier molecular flexibility index (Phi) is 7.65. The van der Waals surface area contributed by atoms with E-state index in [-0.39, 0.29) is 30.0 Å². The summed E-state index contributed by atoms with van der Waals surface area (Å²) in [6.45, 7) is 1.41. The summed E-state index contributed by atoms with van der Waals surface area (Å²) in [5, 5.41) is 6.04. The lowest BCUT2D eigenvalue weighted by atomic mass is 10.1. The molecule has 4 heterocycles. The number of ether oxygens (including phenoxy) is 2. The zero-order chi connectivity index (χ0) is 26.3. The first-order chi connectivity index (χ1) is 18.5. The van der Waals surface area contributed by atoms with E-state index in [0.717, 1.165) is 5.69 Å². The van der Waals surface area contributed by atoms with Gasteiger partial charge < -0.3 is 24.7 Å². The van der Waals surface area contributed by atoms with Gasteiger partial charge in [-0.25, -0.2) is 0 Å². The van der Waals surface area contributed by atoms with Crippen LogP contribution in [0.4, 0.5) is 16.0 Å². The maximum Gasteiger partial charge on any atom is 0.287 e. The van der Waals surface area contributed by atoms with Crippen LogP contribution in [0.15, 0.2) is 77.9 Å². The number of aromatic nitrogens is 4. The number of rotatable bonds is 8. The van der Waals surface area contributed by atoms with Crippen LogP contribution in [-0.2, 0) is 11.3 Å². The van der Waals surface area contributed by atoms with Crippen LogP contribution in [0.1, 0.15) is 28.9 Å². The van der Waals surface area contributed by atoms with Crippen LogP contribution in [0, 0.1) is 5.95 Å². The molecule has 1 aliphatic rings. The summed E-state index contributed by atoms with van der Waals surface area (Å²) in [5.74, 6) is -0.284. The number of amides is 1. The fraction of sp³-hybridized carbons (Fsp3) is 0.222. The second-order valence-electron chi connectivity index (χ2n) is 8.64. The standard InChI is InChI=1S/C27H25FN6O4/c28-23-5-3-6-24(32-23)38-21-9-7-18(8-10-21)31-27-33-26(36)22(25(35)30-19-11-14-37-15-12-19)17-34(27)16-20-4-1-2-13-29-20/h1-10,13,17,19H,11-12,14-16H2,(H,30,35)(H,31,33,36). The molecule has 194 valence electrons. The van der Waals surface area contributed by atoms with Crippen molar-refractivity contribution in [1.82, 2.24) is 24.8 Å². The van der Waals surface area contributed by atoms with Gasteiger partial charge in [-0.15, -0.1) is 0 Å². The fourth-order valence-electron chi connectivity index (χ4n) is 3.94. The number of pyridine rings is 2. The Labute approximate surface area is 217 Å². The predicted molar refractivity (Wildman–Crippen MR) is 137 cm³/mol. The minimum Gasteiger partial charge on any atom is -0.439 e. The Morgan fingerprint density at radius 2 is 1.87 bits per heavy atom. The van der Waals surface area contributed by atoms with Crippen LogP contribution in [0.5, 0.6) is 11.6 Å². The van der Waals surface area contributed by atoms with Gasteiger partial charge in [-0.05, 0) is 55.3 Å². The minimum absolute atomic E-state index is 0.0516. The molecule has 0 radical (unpaired) electrons. The molecule has 4 aromatic rings. The van der Waals surface area contributed by atoms with Gasteiger partial charge in [0.15, 0.2) is 0 Å². The Morgan fingerprint density at radius 1 is 1.05 bits per heavy atom. The van der Waals surface area contributed by atoms with E-state index in [4.69, 9.17) is 9.47 Å². The molecule has 1 aromatic carbocycles. The summed E-state index contributed by atoms with van der Waals surface area (Å²) in [5.41, 5.74) is 0.643. The molecule has 1 amide bonds. The van der Waals surface area contributed by atoms with Crippen molar-refractivity contribution in [2.75, 3.05) is 18.5 Å². The Balaban J connectivity index is 1.38. The van der Waals surface area contributed by atoms with E-state index in [9.17, 15) is 14.0 Å². The van der Waals surface area contributed by atoms with Gasteiger partial charge in [-0.3, -0.25) is 14.6 Å². The molecule has 0 aliphatic carbocycles. The second kappa shape index (κ2) is 11.6. The summed E-state index contributed by atoms with van der Waals surface area (Å²) >= 11 is 0. The number of carbonyl (C=O) groups excluding carboxylic acids is 1. The van der Waals surface area contributed by atoms with Crippen molar-refractivity contribution in [2.24, 2.45) is 0 Å². The number of benzene rings is 1. The molecule has 2 N–H and O–H groups in total. The summed E-state index contributed by atoms with van der Waals surface area (Å²) in [6, 6.07) is 16.5. The Morgan fingerprint density at radius 3 is 2.61 bits per heavy atom. The lowest BCUT2D eigenvalue weighted by Crippen LogP contribution is -2.41. The highest BCUT2D eigenvalue weighted by Gasteiger charge is 2.21. The molecule has 0 spiro atoms. The van der Waals surface area contributed by atoms with Crippen molar-refractivity contribution in [3.63, 3.8) is 0 Å². The molecular formula is C27H25FN6O4. The second-order valence-corrected chi connectivity index (χ2v) is 8.64. The van der Waals surface area contributed by atoms with Crippen molar-refractivity contribution < 1.29 is 18.7 Å². The van der Waals surface area contributed by atoms with E-state index in [1.165, 1.54) is 18.3 Å². The zero-order valence-corrected chi connectivity index (χ0v) is 20.3. The number of carbonyl (C=O) groups is 1. The third kappa shape index (κ3) is 6.37. The summed E-state index contributed by atoms with van der Waals surface area (Å²) < 4.78 is 25.9. The SMILES string of the molecule is O=C(NC1CCOCC1)c1cn(Cc2ccccn2)c(Nc2ccc(Oc3cccc(F)n3)cc2)nc1=O. The molecule has 10 nitrogen and oxygen atoms in total. The number of nitrogens with one attached hydrogen (secondary N) is 2. The molecule has 38 heavy (non-hydrogen) atoms. The summed E-state index contributed by atoms with van der Waals surface area (Å²) in [6.07, 6.45) is 4.54. The lowest BCUT2D eigenvalue weighted by Gasteiger charge is -2.23. The van der Waals surface area contributed by atoms with Crippen LogP contribution in [0.3, 0.4) is 0 Å². The van der Waals surface area contributed by atoms with E-state index < -0.39 is 17.4 Å². The third-order valence-corrected chi connectivity index (χ3v) is 5.88. The number of halogens is 1. The first-order valence-electron chi connectivity index (χ1n) is 12.1. The molecule has 1 fully saturated rings. The van der Waals surface area contributed by atoms with Crippen molar-refractivity contribution in [2.45, 2.75) is 25.4 Å². The molecule has 1 saturated heterocycles. The summed E-state index contributed by atoms with van der Waals surface area (Å²) in [7, 11) is 0. The lowest BCUT2D eigenvalue weighted by molar-refractivity contribution is 0.0695. The first kappa shape index (κ1) is 25.0. The fourth-order valence-corrected chi connectivity index (χ4v) is 3.94. The molecule has 11 heteroatoms. The van der Waals surface area contributed by atoms with Crippen LogP contribution >= 0.6 is 0 Å². The number of anilines is 2. The van der Waals surface area contributed by atoms with Gasteiger partial charge >= 0.3 is 0 Å². The van der Waals surface area contributed by atoms with Crippen LogP contribution in [0.25, 0.3) is 0 Å². The van der Waals surface area contributed by atoms with Crippen molar-refractivity contribution in [3.05, 3.63) is 101 Å². The molecule has 0 saturated carbocycles. The molecule has 0 atom stereocenters. The van der Waals surface area contributed by atoms with E-state index in [1.807, 2.05) is 18.2 Å². The maximum atomic E-state index is 13.3. The number of nitrogens with zero attached hydrogens (tertiary/aromatic N) is 4. The third-order valence-electron chi connectivity index (χ3n) is 5.88. The van der Waals surface area contributed by atoms with Crippen LogP contribution in [-0.4, -0.2) is 44.7 Å². The molecule has 3 aromatic heterocycles. The van der Waals surface area contributed by atoms with Gasteiger partial charge in [0.05, 0.1) is 12.2 Å². The van der Waals surface area contributed by atoms with E-state index in [2.05, 4.69) is 25.6 Å². The average molecular weight is 517 g/mol. The number of hydrogen-bond donors (Lipinski definition) is 2. The topological polar surface area (TPSA) is 120 Å². The van der Waals surface area contributed by atoms with Gasteiger partial charge in [0, 0.05) is 43.4 Å². The van der Waals surface area contributed by atoms with Crippen molar-refractivity contribution in [1.29, 1.82) is 0 Å². The van der Waals surface area contributed by atoms with E-state index in [0.29, 0.717) is 37.5 Å². The van der Waals surface area contributed by atoms with E-state index >= 15 is 0 Å². The van der Waals surface area contributed by atoms with Crippen molar-refractivity contribution in [3.8, 4) is 11.6 Å². The highest BCUT2D eigenvalue weighted by atomic mass is 19.1. The van der Waals surface area contributed by atoms with Gasteiger partial charge in [0.2, 0.25) is 17.8 Å². The highest BCUT2D eigenvalue weighted by molar-refractivity contribution is 5.93. The van der Waals surface area contributed by atoms with Gasteiger partial charge in [0.25, 0.3) is 11.5 Å². The van der Waals surface area contributed by atoms with Crippen molar-refractivity contribution >= 4 is 17.5 Å². The molecule has 0 unspecified atom stereocenters. The van der Waals surface area contributed by atoms with E-state index in [1.54, 1.807) is 41.1 Å². The normalized spacial score (nSPS) is 13.6. The summed E-state index contributed by atoms with van der Waals surface area (Å²) in [4.78, 5) is 38.0. The molecule has 5 rings (SSSR count). The largest absolute Gasteiger partial charge is 0.439 e. The Bertz CT molecular complexity index is 1460. The van der Waals surface area contributed by atoms with Crippen LogP contribution < -0.4 is 20.9 Å². The quantitative estimate of drug-likeness (QED) is 0.341. The van der Waals surface area contributed by atoms with Crippen LogP contribution in [0.2, 0.25) is 0 Å². The highest BCUT2D eigenvalue weighted by Crippen LogP contribution is 2.23. The maximum absolute atomic E-state index is 13.3. The minimum atomic E-state index is -0.647. The van der Waals surface area contributed by atoms with Gasteiger partial charge in [0.1, 0.15) is 11.3 Å².